The number of likely N-dealkylation sites (tertiary alicyclic amines) is 1. The van der Waals surface area contributed by atoms with E-state index >= 15 is 0 Å². The summed E-state index contributed by atoms with van der Waals surface area (Å²) in [6, 6.07) is 8.47. The van der Waals surface area contributed by atoms with Gasteiger partial charge in [-0.1, -0.05) is 43.3 Å². The van der Waals surface area contributed by atoms with E-state index in [0.29, 0.717) is 21.7 Å². The Morgan fingerprint density at radius 3 is 2.16 bits per heavy atom. The molecule has 3 unspecified atom stereocenters. The van der Waals surface area contributed by atoms with Crippen LogP contribution in [0.1, 0.15) is 58.0 Å². The van der Waals surface area contributed by atoms with Gasteiger partial charge in [-0.3, -0.25) is 43.3 Å². The maximum atomic E-state index is 13.2. The highest BCUT2D eigenvalue weighted by atomic mass is 16.2. The lowest BCUT2D eigenvalue weighted by Gasteiger charge is -2.27. The van der Waals surface area contributed by atoms with Gasteiger partial charge in [-0.2, -0.15) is 0 Å². The number of nitrogens with zero attached hydrogens (tertiary/aromatic N) is 1. The van der Waals surface area contributed by atoms with Gasteiger partial charge in [0.15, 0.2) is 11.6 Å². The molecule has 44 heavy (non-hydrogen) atoms. The molecule has 4 rings (SSSR count). The fraction of sp³-hybridized carbons (Fsp3) is 0.333. The van der Waals surface area contributed by atoms with E-state index in [1.165, 1.54) is 14.0 Å². The number of primary amides is 1. The molecule has 1 heterocycles. The Hall–Kier alpha value is -5.40. The quantitative estimate of drug-likeness (QED) is 0.130. The van der Waals surface area contributed by atoms with Crippen molar-refractivity contribution < 1.29 is 38.4 Å². The molecule has 14 nitrogen and oxygen atoms in total. The maximum Gasteiger partial charge on any atom is 0.244 e. The van der Waals surface area contributed by atoms with Crippen LogP contribution in [0.5, 0.6) is 0 Å². The summed E-state index contributed by atoms with van der Waals surface area (Å²) < 4.78 is 0. The van der Waals surface area contributed by atoms with Gasteiger partial charge in [0.2, 0.25) is 35.4 Å². The number of amides is 6. The molecule has 0 radical (unpaired) electrons. The first-order valence-corrected chi connectivity index (χ1v) is 13.9. The summed E-state index contributed by atoms with van der Waals surface area (Å²) in [6.45, 7) is 1.71. The van der Waals surface area contributed by atoms with Crippen molar-refractivity contribution in [3.8, 4) is 0 Å². The molecule has 0 spiro atoms. The molecule has 1 aliphatic heterocycles. The van der Waals surface area contributed by atoms with Crippen LogP contribution >= 0.6 is 0 Å². The predicted molar refractivity (Wildman–Crippen MR) is 155 cm³/mol. The Bertz CT molecular complexity index is 1570. The van der Waals surface area contributed by atoms with Gasteiger partial charge in [0.05, 0.1) is 18.4 Å². The monoisotopic (exact) mass is 604 g/mol. The third-order valence-corrected chi connectivity index (χ3v) is 7.40. The molecule has 6 amide bonds. The number of carbonyl (C=O) groups is 8. The lowest BCUT2D eigenvalue weighted by atomic mass is 9.83. The number of anilines is 1. The van der Waals surface area contributed by atoms with E-state index < -0.39 is 66.3 Å². The van der Waals surface area contributed by atoms with E-state index in [-0.39, 0.29) is 42.2 Å². The van der Waals surface area contributed by atoms with E-state index in [1.807, 2.05) is 0 Å². The van der Waals surface area contributed by atoms with Crippen molar-refractivity contribution in [1.82, 2.24) is 20.9 Å². The zero-order valence-electron chi connectivity index (χ0n) is 24.1. The van der Waals surface area contributed by atoms with E-state index in [0.717, 1.165) is 0 Å². The molecule has 0 bridgehead atoms. The molecule has 230 valence electrons. The number of likely N-dealkylation sites (N-methyl/N-ethyl adjacent to an activating group) is 1. The Balaban J connectivity index is 1.37. The van der Waals surface area contributed by atoms with Crippen LogP contribution in [-0.2, 0) is 28.8 Å². The number of ketones is 2. The molecule has 0 saturated carbocycles. The molecule has 0 aromatic heterocycles. The molecule has 2 aliphatic rings. The molecular formula is C30H32N6O8. The normalized spacial score (nSPS) is 16.9. The van der Waals surface area contributed by atoms with Crippen LogP contribution < -0.4 is 27.0 Å². The first kappa shape index (κ1) is 31.5. The highest BCUT2D eigenvalue weighted by Crippen LogP contribution is 2.31. The number of hydrogen-bond donors (Lipinski definition) is 5. The highest BCUT2D eigenvalue weighted by Gasteiger charge is 2.44. The van der Waals surface area contributed by atoms with Gasteiger partial charge in [0, 0.05) is 54.9 Å². The van der Waals surface area contributed by atoms with Crippen molar-refractivity contribution in [3.63, 3.8) is 0 Å². The van der Waals surface area contributed by atoms with Gasteiger partial charge in [-0.05, 0) is 6.07 Å². The number of nitrogens with two attached hydrogens (primary N) is 1. The molecular weight excluding hydrogens is 572 g/mol. The molecule has 6 N–H and O–H groups in total. The number of rotatable bonds is 12. The SMILES string of the molecule is CNC(=O)C(CC(=O)NCCNc1cccc2c1C(=O)c1ccccc1C2=O)NC(=O)C(CC(N)=O)N1C(=O)CC(C)C1=O. The number of imide groups is 1. The topological polar surface area (TPSA) is 214 Å². The smallest absolute Gasteiger partial charge is 0.244 e. The highest BCUT2D eigenvalue weighted by molar-refractivity contribution is 6.30. The molecule has 2 aromatic carbocycles. The van der Waals surface area contributed by atoms with E-state index in [1.54, 1.807) is 42.5 Å². The van der Waals surface area contributed by atoms with Crippen LogP contribution in [0.2, 0.25) is 0 Å². The van der Waals surface area contributed by atoms with Gasteiger partial charge in [-0.15, -0.1) is 0 Å². The second-order valence-electron chi connectivity index (χ2n) is 10.5. The standard InChI is InChI=1S/C30H32N6O8/c1-15-12-24(39)36(30(15)44)21(14-22(31)37)29(43)35-20(28(42)32-2)13-23(38)34-11-10-33-19-9-5-8-18-25(19)27(41)17-7-4-3-6-16(17)26(18)40/h3-9,15,20-21,33H,10-14H2,1-2H3,(H2,31,37)(H,32,42)(H,34,38)(H,35,43). The maximum absolute atomic E-state index is 13.2. The minimum absolute atomic E-state index is 0.0502. The second-order valence-corrected chi connectivity index (χ2v) is 10.5. The Kier molecular flexibility index (Phi) is 9.51. The third kappa shape index (κ3) is 6.48. The summed E-state index contributed by atoms with van der Waals surface area (Å²) in [5.74, 6) is -5.82. The summed E-state index contributed by atoms with van der Waals surface area (Å²) in [5.41, 5.74) is 6.82. The summed E-state index contributed by atoms with van der Waals surface area (Å²) in [5, 5.41) is 10.4. The van der Waals surface area contributed by atoms with Crippen LogP contribution in [0.25, 0.3) is 0 Å². The van der Waals surface area contributed by atoms with Crippen LogP contribution in [0.3, 0.4) is 0 Å². The average molecular weight is 605 g/mol. The first-order valence-electron chi connectivity index (χ1n) is 13.9. The summed E-state index contributed by atoms with van der Waals surface area (Å²) in [6.07, 6.45) is -1.30. The van der Waals surface area contributed by atoms with Crippen molar-refractivity contribution in [2.45, 2.75) is 38.3 Å². The lowest BCUT2D eigenvalue weighted by Crippen LogP contribution is -2.56. The van der Waals surface area contributed by atoms with Gasteiger partial charge in [0.25, 0.3) is 0 Å². The van der Waals surface area contributed by atoms with Crippen LogP contribution in [0, 0.1) is 5.92 Å². The largest absolute Gasteiger partial charge is 0.383 e. The van der Waals surface area contributed by atoms with Gasteiger partial charge in [-0.25, -0.2) is 0 Å². The fourth-order valence-corrected chi connectivity index (χ4v) is 5.23. The van der Waals surface area contributed by atoms with Gasteiger partial charge < -0.3 is 27.0 Å². The van der Waals surface area contributed by atoms with Crippen LogP contribution in [0.4, 0.5) is 5.69 Å². The third-order valence-electron chi connectivity index (χ3n) is 7.40. The summed E-state index contributed by atoms with van der Waals surface area (Å²) in [7, 11) is 1.30. The minimum atomic E-state index is -1.57. The van der Waals surface area contributed by atoms with Crippen LogP contribution in [0.15, 0.2) is 42.5 Å². The van der Waals surface area contributed by atoms with Crippen LogP contribution in [-0.4, -0.2) is 84.1 Å². The van der Waals surface area contributed by atoms with Crippen molar-refractivity contribution in [2.24, 2.45) is 11.7 Å². The van der Waals surface area contributed by atoms with Gasteiger partial charge >= 0.3 is 0 Å². The van der Waals surface area contributed by atoms with Crippen molar-refractivity contribution in [3.05, 3.63) is 64.7 Å². The number of fused-ring (bicyclic) bond motifs is 2. The number of nitrogens with one attached hydrogen (secondary N) is 4. The van der Waals surface area contributed by atoms with Crippen molar-refractivity contribution in [1.29, 1.82) is 0 Å². The lowest BCUT2D eigenvalue weighted by molar-refractivity contribution is -0.149. The second kappa shape index (κ2) is 13.3. The van der Waals surface area contributed by atoms with Gasteiger partial charge in [0.1, 0.15) is 12.1 Å². The Morgan fingerprint density at radius 2 is 1.55 bits per heavy atom. The molecule has 1 fully saturated rings. The predicted octanol–water partition coefficient (Wildman–Crippen LogP) is -0.750. The fourth-order valence-electron chi connectivity index (χ4n) is 5.23. The van der Waals surface area contributed by atoms with Crippen molar-refractivity contribution in [2.75, 3.05) is 25.5 Å². The number of benzene rings is 2. The van der Waals surface area contributed by atoms with Crippen molar-refractivity contribution >= 4 is 52.7 Å². The van der Waals surface area contributed by atoms with E-state index in [2.05, 4.69) is 21.3 Å². The summed E-state index contributed by atoms with van der Waals surface area (Å²) in [4.78, 5) is 102. The Labute approximate surface area is 252 Å². The molecule has 1 aliphatic carbocycles. The number of carbonyl (C=O) groups excluding carboxylic acids is 8. The zero-order chi connectivity index (χ0) is 32.1. The van der Waals surface area contributed by atoms with E-state index in [4.69, 9.17) is 5.73 Å². The molecule has 2 aromatic rings. The first-order chi connectivity index (χ1) is 20.9. The Morgan fingerprint density at radius 1 is 0.886 bits per heavy atom. The number of hydrogen-bond acceptors (Lipinski definition) is 9. The molecule has 1 saturated heterocycles. The zero-order valence-corrected chi connectivity index (χ0v) is 24.1. The minimum Gasteiger partial charge on any atom is -0.383 e. The molecule has 3 atom stereocenters. The average Bonchev–Trinajstić information content (AvgIpc) is 3.25. The van der Waals surface area contributed by atoms with E-state index in [9.17, 15) is 38.4 Å². The summed E-state index contributed by atoms with van der Waals surface area (Å²) >= 11 is 0. The molecule has 14 heteroatoms.